The maximum absolute atomic E-state index is 5.82. The van der Waals surface area contributed by atoms with E-state index in [2.05, 4.69) is 31.8 Å². The number of nitrogens with one attached hydrogen (secondary N) is 1. The fourth-order valence-corrected chi connectivity index (χ4v) is 2.97. The van der Waals surface area contributed by atoms with Gasteiger partial charge in [0, 0.05) is 6.04 Å². The second kappa shape index (κ2) is 5.13. The lowest BCUT2D eigenvalue weighted by Gasteiger charge is -2.13. The van der Waals surface area contributed by atoms with Crippen LogP contribution in [0.4, 0.5) is 5.82 Å². The number of aromatic nitrogens is 4. The Balaban J connectivity index is 1.80. The van der Waals surface area contributed by atoms with Gasteiger partial charge in [-0.15, -0.1) is 0 Å². The molecule has 2 aromatic heterocycles. The van der Waals surface area contributed by atoms with E-state index in [-0.39, 0.29) is 0 Å². The van der Waals surface area contributed by atoms with Crippen LogP contribution in [-0.4, -0.2) is 32.6 Å². The number of fused-ring (bicyclic) bond motifs is 1. The highest BCUT2D eigenvalue weighted by Crippen LogP contribution is 2.35. The molecule has 2 aromatic rings. The Hall–Kier alpha value is -1.69. The Labute approximate surface area is 112 Å². The van der Waals surface area contributed by atoms with Gasteiger partial charge in [-0.25, -0.2) is 15.0 Å². The molecule has 0 spiro atoms. The molecule has 2 heterocycles. The van der Waals surface area contributed by atoms with Crippen LogP contribution in [0.25, 0.3) is 11.2 Å². The molecule has 0 saturated heterocycles. The maximum Gasteiger partial charge on any atom is 0.165 e. The van der Waals surface area contributed by atoms with Gasteiger partial charge in [-0.05, 0) is 38.3 Å². The zero-order chi connectivity index (χ0) is 13.2. The van der Waals surface area contributed by atoms with Crippen molar-refractivity contribution in [3.8, 4) is 0 Å². The van der Waals surface area contributed by atoms with E-state index >= 15 is 0 Å². The largest absolute Gasteiger partial charge is 0.382 e. The number of imidazole rings is 1. The third-order valence-electron chi connectivity index (χ3n) is 3.98. The molecule has 1 aliphatic carbocycles. The number of nitrogens with zero attached hydrogens (tertiary/aromatic N) is 4. The first-order valence-electron chi connectivity index (χ1n) is 6.93. The van der Waals surface area contributed by atoms with Crippen LogP contribution in [-0.2, 0) is 0 Å². The van der Waals surface area contributed by atoms with E-state index in [4.69, 9.17) is 5.73 Å². The molecule has 0 aromatic carbocycles. The minimum absolute atomic E-state index is 0.464. The molecule has 6 nitrogen and oxygen atoms in total. The molecular weight excluding hydrogens is 240 g/mol. The fraction of sp³-hybridized carbons (Fsp3) is 0.615. The normalized spacial score (nSPS) is 23.2. The van der Waals surface area contributed by atoms with Crippen LogP contribution in [0.5, 0.6) is 0 Å². The molecule has 0 amide bonds. The second-order valence-electron chi connectivity index (χ2n) is 5.22. The van der Waals surface area contributed by atoms with Gasteiger partial charge in [0.05, 0.1) is 6.33 Å². The highest BCUT2D eigenvalue weighted by molar-refractivity contribution is 5.81. The van der Waals surface area contributed by atoms with Gasteiger partial charge in [0.25, 0.3) is 0 Å². The first-order valence-corrected chi connectivity index (χ1v) is 6.93. The summed E-state index contributed by atoms with van der Waals surface area (Å²) in [5.74, 6) is 1.22. The maximum atomic E-state index is 5.82. The molecule has 3 N–H and O–H groups in total. The van der Waals surface area contributed by atoms with Crippen molar-refractivity contribution in [2.24, 2.45) is 5.92 Å². The van der Waals surface area contributed by atoms with Crippen LogP contribution in [0.1, 0.15) is 32.2 Å². The third-order valence-corrected chi connectivity index (χ3v) is 3.98. The molecule has 1 fully saturated rings. The predicted molar refractivity (Wildman–Crippen MR) is 74.7 cm³/mol. The molecular formula is C13H20N6. The van der Waals surface area contributed by atoms with E-state index in [1.165, 1.54) is 25.6 Å². The molecule has 0 bridgehead atoms. The number of hydrogen-bond acceptors (Lipinski definition) is 5. The van der Waals surface area contributed by atoms with Crippen molar-refractivity contribution in [2.45, 2.75) is 32.2 Å². The van der Waals surface area contributed by atoms with Gasteiger partial charge >= 0.3 is 0 Å². The van der Waals surface area contributed by atoms with Gasteiger partial charge in [0.1, 0.15) is 11.8 Å². The lowest BCUT2D eigenvalue weighted by atomic mass is 10.1. The van der Waals surface area contributed by atoms with Gasteiger partial charge in [-0.1, -0.05) is 6.92 Å². The molecule has 2 atom stereocenters. The lowest BCUT2D eigenvalue weighted by molar-refractivity contribution is 0.460. The van der Waals surface area contributed by atoms with Crippen molar-refractivity contribution in [2.75, 3.05) is 18.8 Å². The zero-order valence-corrected chi connectivity index (χ0v) is 11.2. The standard InChI is InChI=1S/C13H20N6/c1-2-15-6-9-3-4-10(5-9)19-8-18-11-12(14)16-7-17-13(11)19/h7-10,15H,2-6H2,1H3,(H2,14,16,17)/t9?,10-/m0/s1. The van der Waals surface area contributed by atoms with E-state index in [0.717, 1.165) is 30.2 Å². The summed E-state index contributed by atoms with van der Waals surface area (Å²) in [6, 6.07) is 0.489. The minimum atomic E-state index is 0.464. The average molecular weight is 260 g/mol. The summed E-state index contributed by atoms with van der Waals surface area (Å²) in [4.78, 5) is 12.7. The van der Waals surface area contributed by atoms with Crippen molar-refractivity contribution >= 4 is 17.0 Å². The Morgan fingerprint density at radius 2 is 2.26 bits per heavy atom. The summed E-state index contributed by atoms with van der Waals surface area (Å²) in [6.07, 6.45) is 7.00. The Morgan fingerprint density at radius 1 is 1.37 bits per heavy atom. The minimum Gasteiger partial charge on any atom is -0.382 e. The SMILES string of the molecule is CCNCC1CC[C@H](n2cnc3c(N)ncnc32)C1. The molecule has 1 saturated carbocycles. The summed E-state index contributed by atoms with van der Waals surface area (Å²) in [6.45, 7) is 4.30. The fourth-order valence-electron chi connectivity index (χ4n) is 2.97. The highest BCUT2D eigenvalue weighted by Gasteiger charge is 2.27. The summed E-state index contributed by atoms with van der Waals surface area (Å²) < 4.78 is 2.17. The summed E-state index contributed by atoms with van der Waals surface area (Å²) in [7, 11) is 0. The molecule has 19 heavy (non-hydrogen) atoms. The molecule has 3 rings (SSSR count). The van der Waals surface area contributed by atoms with Gasteiger partial charge in [-0.3, -0.25) is 0 Å². The van der Waals surface area contributed by atoms with Gasteiger partial charge in [0.15, 0.2) is 11.5 Å². The van der Waals surface area contributed by atoms with Crippen LogP contribution in [0, 0.1) is 5.92 Å². The number of rotatable bonds is 4. The molecule has 1 unspecified atom stereocenters. The summed E-state index contributed by atoms with van der Waals surface area (Å²) >= 11 is 0. The van der Waals surface area contributed by atoms with Crippen molar-refractivity contribution in [1.29, 1.82) is 0 Å². The van der Waals surface area contributed by atoms with E-state index in [1.807, 2.05) is 6.33 Å². The summed E-state index contributed by atoms with van der Waals surface area (Å²) in [5.41, 5.74) is 7.41. The van der Waals surface area contributed by atoms with Crippen molar-refractivity contribution in [1.82, 2.24) is 24.8 Å². The van der Waals surface area contributed by atoms with Crippen LogP contribution in [0.2, 0.25) is 0 Å². The zero-order valence-electron chi connectivity index (χ0n) is 11.2. The van der Waals surface area contributed by atoms with Gasteiger partial charge in [0.2, 0.25) is 0 Å². The van der Waals surface area contributed by atoms with E-state index < -0.39 is 0 Å². The average Bonchev–Trinajstić information content (AvgIpc) is 3.02. The number of anilines is 1. The predicted octanol–water partition coefficient (Wildman–Crippen LogP) is 1.36. The van der Waals surface area contributed by atoms with Crippen LogP contribution in [0.15, 0.2) is 12.7 Å². The van der Waals surface area contributed by atoms with E-state index in [9.17, 15) is 0 Å². The topological polar surface area (TPSA) is 81.7 Å². The number of nitrogens with two attached hydrogens (primary N) is 1. The second-order valence-corrected chi connectivity index (χ2v) is 5.22. The quantitative estimate of drug-likeness (QED) is 0.867. The molecule has 6 heteroatoms. The third kappa shape index (κ3) is 2.28. The monoisotopic (exact) mass is 260 g/mol. The first kappa shape index (κ1) is 12.3. The molecule has 102 valence electrons. The van der Waals surface area contributed by atoms with Crippen LogP contribution < -0.4 is 11.1 Å². The van der Waals surface area contributed by atoms with E-state index in [0.29, 0.717) is 11.9 Å². The molecule has 0 aliphatic heterocycles. The molecule has 0 radical (unpaired) electrons. The van der Waals surface area contributed by atoms with Crippen LogP contribution in [0.3, 0.4) is 0 Å². The lowest BCUT2D eigenvalue weighted by Crippen LogP contribution is -2.21. The number of nitrogen functional groups attached to an aromatic ring is 1. The Kier molecular flexibility index (Phi) is 3.33. The van der Waals surface area contributed by atoms with Crippen molar-refractivity contribution in [3.63, 3.8) is 0 Å². The number of hydrogen-bond donors (Lipinski definition) is 2. The van der Waals surface area contributed by atoms with Gasteiger partial charge < -0.3 is 15.6 Å². The smallest absolute Gasteiger partial charge is 0.165 e. The Morgan fingerprint density at radius 3 is 3.11 bits per heavy atom. The van der Waals surface area contributed by atoms with Gasteiger partial charge in [-0.2, -0.15) is 0 Å². The highest BCUT2D eigenvalue weighted by atomic mass is 15.1. The van der Waals surface area contributed by atoms with Crippen molar-refractivity contribution < 1.29 is 0 Å². The molecule has 1 aliphatic rings. The van der Waals surface area contributed by atoms with Crippen molar-refractivity contribution in [3.05, 3.63) is 12.7 Å². The van der Waals surface area contributed by atoms with E-state index in [1.54, 1.807) is 0 Å². The van der Waals surface area contributed by atoms with Crippen LogP contribution >= 0.6 is 0 Å². The summed E-state index contributed by atoms with van der Waals surface area (Å²) in [5, 5.41) is 3.43. The Bertz CT molecular complexity index is 563. The first-order chi connectivity index (χ1) is 9.29.